The van der Waals surface area contributed by atoms with Crippen molar-refractivity contribution in [2.24, 2.45) is 5.73 Å². The Hall–Kier alpha value is -0.760. The SMILES string of the molecule is CCCC(C(N)=S)N1CCN(C(=O)C2COCCO2)CC1. The molecule has 2 saturated heterocycles. The summed E-state index contributed by atoms with van der Waals surface area (Å²) in [5, 5.41) is 0. The van der Waals surface area contributed by atoms with Crippen molar-refractivity contribution in [3.63, 3.8) is 0 Å². The molecule has 2 heterocycles. The van der Waals surface area contributed by atoms with E-state index in [-0.39, 0.29) is 11.9 Å². The summed E-state index contributed by atoms with van der Waals surface area (Å²) in [5.74, 6) is 0.0386. The van der Waals surface area contributed by atoms with E-state index in [2.05, 4.69) is 11.8 Å². The molecular formula is C14H25N3O3S. The highest BCUT2D eigenvalue weighted by molar-refractivity contribution is 7.80. The van der Waals surface area contributed by atoms with Crippen LogP contribution in [0.1, 0.15) is 19.8 Å². The number of nitrogens with zero attached hydrogens (tertiary/aromatic N) is 2. The topological polar surface area (TPSA) is 68.0 Å². The maximum absolute atomic E-state index is 12.3. The van der Waals surface area contributed by atoms with E-state index in [0.29, 0.717) is 37.9 Å². The first-order valence-corrected chi connectivity index (χ1v) is 8.05. The molecule has 2 aliphatic heterocycles. The minimum absolute atomic E-state index is 0.0386. The van der Waals surface area contributed by atoms with Gasteiger partial charge in [-0.05, 0) is 6.42 Å². The summed E-state index contributed by atoms with van der Waals surface area (Å²) < 4.78 is 10.8. The fraction of sp³-hybridized carbons (Fsp3) is 0.857. The van der Waals surface area contributed by atoms with Crippen molar-refractivity contribution < 1.29 is 14.3 Å². The molecular weight excluding hydrogens is 290 g/mol. The van der Waals surface area contributed by atoms with Gasteiger partial charge in [-0.1, -0.05) is 25.6 Å². The van der Waals surface area contributed by atoms with Gasteiger partial charge in [0, 0.05) is 26.2 Å². The normalized spacial score (nSPS) is 25.6. The highest BCUT2D eigenvalue weighted by atomic mass is 32.1. The molecule has 0 saturated carbocycles. The zero-order chi connectivity index (χ0) is 15.2. The molecule has 21 heavy (non-hydrogen) atoms. The summed E-state index contributed by atoms with van der Waals surface area (Å²) in [6.45, 7) is 6.57. The summed E-state index contributed by atoms with van der Waals surface area (Å²) in [6, 6.07) is 0.150. The second-order valence-electron chi connectivity index (χ2n) is 5.50. The van der Waals surface area contributed by atoms with Crippen molar-refractivity contribution in [2.45, 2.75) is 31.9 Å². The first kappa shape index (κ1) is 16.6. The lowest BCUT2D eigenvalue weighted by molar-refractivity contribution is -0.159. The summed E-state index contributed by atoms with van der Waals surface area (Å²) in [4.78, 5) is 17.0. The van der Waals surface area contributed by atoms with Crippen molar-refractivity contribution in [3.05, 3.63) is 0 Å². The van der Waals surface area contributed by atoms with E-state index in [4.69, 9.17) is 27.4 Å². The second-order valence-corrected chi connectivity index (χ2v) is 5.97. The molecule has 0 aromatic carbocycles. The van der Waals surface area contributed by atoms with Crippen LogP contribution in [-0.4, -0.2) is 78.8 Å². The number of hydrogen-bond donors (Lipinski definition) is 1. The van der Waals surface area contributed by atoms with E-state index in [1.807, 2.05) is 4.90 Å². The lowest BCUT2D eigenvalue weighted by atomic mass is 10.1. The fourth-order valence-electron chi connectivity index (χ4n) is 2.87. The number of amides is 1. The van der Waals surface area contributed by atoms with Gasteiger partial charge in [0.2, 0.25) is 0 Å². The van der Waals surface area contributed by atoms with Gasteiger partial charge < -0.3 is 20.1 Å². The summed E-state index contributed by atoms with van der Waals surface area (Å²) in [6.07, 6.45) is 1.59. The van der Waals surface area contributed by atoms with Gasteiger partial charge in [0.1, 0.15) is 0 Å². The van der Waals surface area contributed by atoms with Gasteiger partial charge in [0.15, 0.2) is 6.10 Å². The molecule has 1 amide bonds. The molecule has 7 heteroatoms. The van der Waals surface area contributed by atoms with E-state index in [1.54, 1.807) is 0 Å². The minimum Gasteiger partial charge on any atom is -0.392 e. The number of carbonyl (C=O) groups is 1. The number of piperazine rings is 1. The smallest absolute Gasteiger partial charge is 0.254 e. The van der Waals surface area contributed by atoms with Crippen molar-refractivity contribution in [2.75, 3.05) is 46.0 Å². The number of ether oxygens (including phenoxy) is 2. The first-order valence-electron chi connectivity index (χ1n) is 7.65. The highest BCUT2D eigenvalue weighted by Crippen LogP contribution is 2.14. The van der Waals surface area contributed by atoms with Crippen LogP contribution in [0.3, 0.4) is 0 Å². The van der Waals surface area contributed by atoms with Crippen LogP contribution in [0.25, 0.3) is 0 Å². The van der Waals surface area contributed by atoms with Crippen LogP contribution in [-0.2, 0) is 14.3 Å². The Morgan fingerprint density at radius 2 is 2.05 bits per heavy atom. The maximum atomic E-state index is 12.3. The van der Waals surface area contributed by atoms with Gasteiger partial charge in [-0.2, -0.15) is 0 Å². The van der Waals surface area contributed by atoms with Crippen LogP contribution in [0.5, 0.6) is 0 Å². The molecule has 2 atom stereocenters. The van der Waals surface area contributed by atoms with Gasteiger partial charge in [0.05, 0.1) is 30.9 Å². The summed E-state index contributed by atoms with van der Waals surface area (Å²) in [5.41, 5.74) is 5.84. The average molecular weight is 315 g/mol. The fourth-order valence-corrected chi connectivity index (χ4v) is 3.13. The number of rotatable bonds is 5. The van der Waals surface area contributed by atoms with E-state index < -0.39 is 6.10 Å². The summed E-state index contributed by atoms with van der Waals surface area (Å²) >= 11 is 5.17. The average Bonchev–Trinajstić information content (AvgIpc) is 2.53. The molecule has 2 unspecified atom stereocenters. The standard InChI is InChI=1S/C14H25N3O3S/c1-2-3-11(13(15)21)16-4-6-17(7-5-16)14(18)12-10-19-8-9-20-12/h11-12H,2-10H2,1H3,(H2,15,21). The van der Waals surface area contributed by atoms with Crippen LogP contribution >= 0.6 is 12.2 Å². The zero-order valence-electron chi connectivity index (χ0n) is 12.6. The molecule has 0 spiro atoms. The molecule has 0 aromatic heterocycles. The van der Waals surface area contributed by atoms with E-state index in [9.17, 15) is 4.79 Å². The van der Waals surface area contributed by atoms with Crippen molar-refractivity contribution in [3.8, 4) is 0 Å². The Labute approximate surface area is 131 Å². The van der Waals surface area contributed by atoms with Gasteiger partial charge in [0.25, 0.3) is 5.91 Å². The second kappa shape index (κ2) is 8.03. The van der Waals surface area contributed by atoms with Crippen LogP contribution in [0, 0.1) is 0 Å². The maximum Gasteiger partial charge on any atom is 0.254 e. The van der Waals surface area contributed by atoms with Gasteiger partial charge >= 0.3 is 0 Å². The zero-order valence-corrected chi connectivity index (χ0v) is 13.4. The Morgan fingerprint density at radius 1 is 1.33 bits per heavy atom. The van der Waals surface area contributed by atoms with Crippen LogP contribution in [0.4, 0.5) is 0 Å². The Bertz CT molecular complexity index is 366. The lowest BCUT2D eigenvalue weighted by Crippen LogP contribution is -2.57. The third-order valence-corrected chi connectivity index (χ3v) is 4.32. The predicted molar refractivity (Wildman–Crippen MR) is 84.2 cm³/mol. The van der Waals surface area contributed by atoms with E-state index in [0.717, 1.165) is 25.9 Å². The molecule has 0 bridgehead atoms. The molecule has 0 aliphatic carbocycles. The highest BCUT2D eigenvalue weighted by Gasteiger charge is 2.31. The number of nitrogens with two attached hydrogens (primary N) is 1. The van der Waals surface area contributed by atoms with Gasteiger partial charge in [-0.15, -0.1) is 0 Å². The minimum atomic E-state index is -0.438. The monoisotopic (exact) mass is 315 g/mol. The van der Waals surface area contributed by atoms with Crippen molar-refractivity contribution in [1.29, 1.82) is 0 Å². The quantitative estimate of drug-likeness (QED) is 0.721. The number of thiocarbonyl (C=S) groups is 1. The predicted octanol–water partition coefficient (Wildman–Crippen LogP) is 0.000800. The molecule has 120 valence electrons. The number of carbonyl (C=O) groups excluding carboxylic acids is 1. The molecule has 6 nitrogen and oxygen atoms in total. The van der Waals surface area contributed by atoms with Crippen molar-refractivity contribution >= 4 is 23.1 Å². The molecule has 2 fully saturated rings. The third kappa shape index (κ3) is 4.35. The van der Waals surface area contributed by atoms with E-state index >= 15 is 0 Å². The molecule has 2 rings (SSSR count). The van der Waals surface area contributed by atoms with Gasteiger partial charge in [-0.25, -0.2) is 0 Å². The third-order valence-electron chi connectivity index (χ3n) is 4.05. The van der Waals surface area contributed by atoms with E-state index in [1.165, 1.54) is 0 Å². The van der Waals surface area contributed by atoms with Crippen molar-refractivity contribution in [1.82, 2.24) is 9.80 Å². The Kier molecular flexibility index (Phi) is 6.35. The van der Waals surface area contributed by atoms with Gasteiger partial charge in [-0.3, -0.25) is 9.69 Å². The Morgan fingerprint density at radius 3 is 2.57 bits per heavy atom. The molecule has 2 N–H and O–H groups in total. The molecule has 0 aromatic rings. The lowest BCUT2D eigenvalue weighted by Gasteiger charge is -2.40. The van der Waals surface area contributed by atoms with Crippen LogP contribution in [0.15, 0.2) is 0 Å². The largest absolute Gasteiger partial charge is 0.392 e. The molecule has 2 aliphatic rings. The first-order chi connectivity index (χ1) is 10.1. The summed E-state index contributed by atoms with van der Waals surface area (Å²) in [7, 11) is 0. The molecule has 0 radical (unpaired) electrons. The Balaban J connectivity index is 1.84. The number of hydrogen-bond acceptors (Lipinski definition) is 5. The van der Waals surface area contributed by atoms with Crippen LogP contribution < -0.4 is 5.73 Å². The van der Waals surface area contributed by atoms with Crippen LogP contribution in [0.2, 0.25) is 0 Å².